The minimum atomic E-state index is -0.794. The van der Waals surface area contributed by atoms with Crippen LogP contribution in [0.5, 0.6) is 6.01 Å². The quantitative estimate of drug-likeness (QED) is 0.430. The number of para-hydroxylation sites is 1. The Labute approximate surface area is 186 Å². The summed E-state index contributed by atoms with van der Waals surface area (Å²) in [6.07, 6.45) is 2.88. The van der Waals surface area contributed by atoms with Crippen LogP contribution in [-0.2, 0) is 0 Å². The topological polar surface area (TPSA) is 89.5 Å². The Bertz CT molecular complexity index is 1190. The highest BCUT2D eigenvalue weighted by Crippen LogP contribution is 2.40. The van der Waals surface area contributed by atoms with Crippen LogP contribution in [0.25, 0.3) is 0 Å². The minimum absolute atomic E-state index is 0.00364. The summed E-state index contributed by atoms with van der Waals surface area (Å²) >= 11 is 0. The van der Waals surface area contributed by atoms with E-state index in [4.69, 9.17) is 4.74 Å². The molecular weight excluding hydrogens is 406 g/mol. The van der Waals surface area contributed by atoms with Crippen LogP contribution in [0.1, 0.15) is 81.7 Å². The highest BCUT2D eigenvalue weighted by Gasteiger charge is 2.42. The van der Waals surface area contributed by atoms with Crippen molar-refractivity contribution >= 4 is 23.5 Å². The number of aromatic nitrogens is 2. The van der Waals surface area contributed by atoms with Gasteiger partial charge in [-0.2, -0.15) is 0 Å². The van der Waals surface area contributed by atoms with E-state index in [0.717, 1.165) is 11.1 Å². The average molecular weight is 429 g/mol. The van der Waals surface area contributed by atoms with Crippen molar-refractivity contribution in [2.24, 2.45) is 0 Å². The standard InChI is InChI=1S/C25H23N3O4/c1-14(2)16-8-5-9-17(15(3)4)21(16)28-22(29)18-10-6-11-19(20(18)23(28)30)24(31)32-25-26-12-7-13-27-25/h5-15H,1-4H3. The van der Waals surface area contributed by atoms with Crippen LogP contribution >= 0.6 is 0 Å². The molecule has 162 valence electrons. The molecule has 1 aliphatic heterocycles. The fraction of sp³-hybridized carbons (Fsp3) is 0.240. The van der Waals surface area contributed by atoms with E-state index in [9.17, 15) is 14.4 Å². The second kappa shape index (κ2) is 8.34. The van der Waals surface area contributed by atoms with Crippen molar-refractivity contribution < 1.29 is 19.1 Å². The number of benzene rings is 2. The Morgan fingerprint density at radius 2 is 1.44 bits per heavy atom. The average Bonchev–Trinajstić information content (AvgIpc) is 3.03. The van der Waals surface area contributed by atoms with Crippen LogP contribution in [0.4, 0.5) is 5.69 Å². The molecule has 0 fully saturated rings. The second-order valence-electron chi connectivity index (χ2n) is 8.19. The summed E-state index contributed by atoms with van der Waals surface area (Å²) in [6, 6.07) is 11.8. The summed E-state index contributed by atoms with van der Waals surface area (Å²) in [5.74, 6) is -1.61. The molecule has 3 aromatic rings. The normalized spacial score (nSPS) is 13.1. The molecule has 2 aromatic carbocycles. The first-order valence-electron chi connectivity index (χ1n) is 10.4. The molecule has 0 N–H and O–H groups in total. The van der Waals surface area contributed by atoms with Gasteiger partial charge >= 0.3 is 12.0 Å². The molecule has 0 spiro atoms. The molecule has 2 amide bonds. The smallest absolute Gasteiger partial charge is 0.346 e. The number of hydrogen-bond acceptors (Lipinski definition) is 6. The van der Waals surface area contributed by atoms with E-state index in [1.807, 2.05) is 45.9 Å². The zero-order valence-electron chi connectivity index (χ0n) is 18.3. The van der Waals surface area contributed by atoms with Crippen molar-refractivity contribution in [2.75, 3.05) is 4.90 Å². The van der Waals surface area contributed by atoms with Crippen LogP contribution in [-0.4, -0.2) is 27.8 Å². The van der Waals surface area contributed by atoms with Gasteiger partial charge in [0.2, 0.25) is 0 Å². The molecule has 1 aromatic heterocycles. The van der Waals surface area contributed by atoms with Crippen LogP contribution < -0.4 is 9.64 Å². The molecule has 2 heterocycles. The maximum absolute atomic E-state index is 13.6. The van der Waals surface area contributed by atoms with Crippen LogP contribution in [0.3, 0.4) is 0 Å². The Balaban J connectivity index is 1.82. The minimum Gasteiger partial charge on any atom is -0.387 e. The largest absolute Gasteiger partial charge is 0.387 e. The second-order valence-corrected chi connectivity index (χ2v) is 8.19. The summed E-state index contributed by atoms with van der Waals surface area (Å²) in [5, 5.41) is 0. The SMILES string of the molecule is CC(C)c1cccc(C(C)C)c1N1C(=O)c2cccc(C(=O)Oc3ncccn3)c2C1=O. The molecule has 4 rings (SSSR count). The molecule has 0 saturated carbocycles. The van der Waals surface area contributed by atoms with Gasteiger partial charge in [-0.3, -0.25) is 9.59 Å². The van der Waals surface area contributed by atoms with Gasteiger partial charge < -0.3 is 4.74 Å². The summed E-state index contributed by atoms with van der Waals surface area (Å²) in [7, 11) is 0. The lowest BCUT2D eigenvalue weighted by atomic mass is 9.92. The van der Waals surface area contributed by atoms with Gasteiger partial charge in [0, 0.05) is 12.4 Å². The van der Waals surface area contributed by atoms with E-state index in [0.29, 0.717) is 5.69 Å². The fourth-order valence-corrected chi connectivity index (χ4v) is 3.90. The van der Waals surface area contributed by atoms with Crippen LogP contribution in [0, 0.1) is 0 Å². The Kier molecular flexibility index (Phi) is 5.57. The van der Waals surface area contributed by atoms with E-state index in [1.54, 1.807) is 18.2 Å². The highest BCUT2D eigenvalue weighted by molar-refractivity contribution is 6.36. The zero-order chi connectivity index (χ0) is 23.0. The number of fused-ring (bicyclic) bond motifs is 1. The lowest BCUT2D eigenvalue weighted by molar-refractivity contribution is 0.0714. The van der Waals surface area contributed by atoms with E-state index >= 15 is 0 Å². The number of anilines is 1. The number of rotatable bonds is 5. The van der Waals surface area contributed by atoms with Gasteiger partial charge in [-0.05, 0) is 41.2 Å². The van der Waals surface area contributed by atoms with E-state index in [1.165, 1.54) is 23.4 Å². The molecule has 0 aliphatic carbocycles. The van der Waals surface area contributed by atoms with E-state index in [2.05, 4.69) is 9.97 Å². The number of carbonyl (C=O) groups excluding carboxylic acids is 3. The monoisotopic (exact) mass is 429 g/mol. The van der Waals surface area contributed by atoms with Crippen LogP contribution in [0.2, 0.25) is 0 Å². The Morgan fingerprint density at radius 3 is 2.03 bits per heavy atom. The van der Waals surface area contributed by atoms with Gasteiger partial charge in [0.25, 0.3) is 11.8 Å². The van der Waals surface area contributed by atoms with Crippen molar-refractivity contribution in [1.82, 2.24) is 9.97 Å². The summed E-state index contributed by atoms with van der Waals surface area (Å²) < 4.78 is 5.23. The number of nitrogens with zero attached hydrogens (tertiary/aromatic N) is 3. The first-order chi connectivity index (χ1) is 15.3. The molecular formula is C25H23N3O4. The van der Waals surface area contributed by atoms with Gasteiger partial charge in [0.05, 0.1) is 22.4 Å². The molecule has 0 unspecified atom stereocenters. The number of carbonyl (C=O) groups is 3. The van der Waals surface area contributed by atoms with Gasteiger partial charge in [-0.25, -0.2) is 19.7 Å². The number of esters is 1. The molecule has 7 nitrogen and oxygen atoms in total. The molecule has 0 atom stereocenters. The Hall–Kier alpha value is -3.87. The zero-order valence-corrected chi connectivity index (χ0v) is 18.3. The molecule has 0 radical (unpaired) electrons. The maximum atomic E-state index is 13.6. The maximum Gasteiger partial charge on any atom is 0.346 e. The molecule has 1 aliphatic rings. The van der Waals surface area contributed by atoms with Gasteiger partial charge in [0.1, 0.15) is 0 Å². The predicted molar refractivity (Wildman–Crippen MR) is 119 cm³/mol. The number of ether oxygens (including phenoxy) is 1. The van der Waals surface area contributed by atoms with Crippen molar-refractivity contribution in [3.63, 3.8) is 0 Å². The van der Waals surface area contributed by atoms with Crippen molar-refractivity contribution in [1.29, 1.82) is 0 Å². The lowest BCUT2D eigenvalue weighted by Crippen LogP contribution is -2.32. The predicted octanol–water partition coefficient (Wildman–Crippen LogP) is 4.74. The molecule has 32 heavy (non-hydrogen) atoms. The third-order valence-electron chi connectivity index (χ3n) is 5.43. The third kappa shape index (κ3) is 3.56. The number of hydrogen-bond donors (Lipinski definition) is 0. The van der Waals surface area contributed by atoms with Gasteiger partial charge in [-0.15, -0.1) is 0 Å². The summed E-state index contributed by atoms with van der Waals surface area (Å²) in [6.45, 7) is 8.07. The fourth-order valence-electron chi connectivity index (χ4n) is 3.90. The molecule has 7 heteroatoms. The number of amides is 2. The number of imide groups is 1. The van der Waals surface area contributed by atoms with Gasteiger partial charge in [-0.1, -0.05) is 52.0 Å². The van der Waals surface area contributed by atoms with Crippen molar-refractivity contribution in [2.45, 2.75) is 39.5 Å². The van der Waals surface area contributed by atoms with Crippen molar-refractivity contribution in [3.8, 4) is 6.01 Å². The van der Waals surface area contributed by atoms with Crippen molar-refractivity contribution in [3.05, 3.63) is 82.7 Å². The lowest BCUT2D eigenvalue weighted by Gasteiger charge is -2.25. The van der Waals surface area contributed by atoms with Crippen LogP contribution in [0.15, 0.2) is 54.9 Å². The highest BCUT2D eigenvalue weighted by atomic mass is 16.5. The van der Waals surface area contributed by atoms with Gasteiger partial charge in [0.15, 0.2) is 0 Å². The summed E-state index contributed by atoms with van der Waals surface area (Å²) in [5.41, 5.74) is 2.59. The van der Waals surface area contributed by atoms with E-state index in [-0.39, 0.29) is 34.5 Å². The molecule has 0 saturated heterocycles. The first-order valence-corrected chi connectivity index (χ1v) is 10.4. The summed E-state index contributed by atoms with van der Waals surface area (Å²) in [4.78, 5) is 48.8. The first kappa shape index (κ1) is 21.4. The third-order valence-corrected chi connectivity index (χ3v) is 5.43. The Morgan fingerprint density at radius 1 is 0.844 bits per heavy atom. The van der Waals surface area contributed by atoms with E-state index < -0.39 is 17.8 Å². The molecule has 0 bridgehead atoms.